The van der Waals surface area contributed by atoms with E-state index in [0.717, 1.165) is 18.8 Å². The first kappa shape index (κ1) is 13.9. The Labute approximate surface area is 99.6 Å². The van der Waals surface area contributed by atoms with Gasteiger partial charge in [0.15, 0.2) is 0 Å². The first-order chi connectivity index (χ1) is 7.59. The minimum absolute atomic E-state index is 0.486. The normalized spacial score (nSPS) is 29.2. The van der Waals surface area contributed by atoms with Gasteiger partial charge in [-0.15, -0.1) is 0 Å². The van der Waals surface area contributed by atoms with Crippen molar-refractivity contribution < 1.29 is 9.84 Å². The fourth-order valence-electron chi connectivity index (χ4n) is 2.12. The van der Waals surface area contributed by atoms with Crippen molar-refractivity contribution in [3.05, 3.63) is 0 Å². The van der Waals surface area contributed by atoms with Crippen molar-refractivity contribution in [2.24, 2.45) is 5.92 Å². The van der Waals surface area contributed by atoms with Crippen LogP contribution < -0.4 is 5.32 Å². The van der Waals surface area contributed by atoms with E-state index in [1.165, 1.54) is 12.8 Å². The Morgan fingerprint density at radius 2 is 2.12 bits per heavy atom. The van der Waals surface area contributed by atoms with Crippen LogP contribution in [0.3, 0.4) is 0 Å². The molecule has 3 nitrogen and oxygen atoms in total. The van der Waals surface area contributed by atoms with Crippen LogP contribution in [0, 0.1) is 5.92 Å². The molecule has 0 saturated carbocycles. The highest BCUT2D eigenvalue weighted by Crippen LogP contribution is 2.18. The molecule has 0 aromatic rings. The molecule has 0 spiro atoms. The van der Waals surface area contributed by atoms with Crippen molar-refractivity contribution in [3.8, 4) is 0 Å². The zero-order valence-corrected chi connectivity index (χ0v) is 11.0. The maximum Gasteiger partial charge on any atom is 0.102 e. The van der Waals surface area contributed by atoms with E-state index in [0.29, 0.717) is 25.8 Å². The molecule has 1 fully saturated rings. The summed E-state index contributed by atoms with van der Waals surface area (Å²) in [5.41, 5.74) is -0.622. The summed E-state index contributed by atoms with van der Waals surface area (Å²) in [6, 6.07) is 0.527. The maximum absolute atomic E-state index is 10.1. The highest BCUT2D eigenvalue weighted by molar-refractivity contribution is 4.86. The fourth-order valence-corrected chi connectivity index (χ4v) is 2.12. The van der Waals surface area contributed by atoms with Crippen LogP contribution in [-0.2, 0) is 4.74 Å². The molecule has 1 heterocycles. The number of ether oxygens (including phenoxy) is 1. The molecule has 3 heteroatoms. The number of hydrogen-bond acceptors (Lipinski definition) is 3. The van der Waals surface area contributed by atoms with E-state index in [4.69, 9.17) is 4.74 Å². The molecule has 0 amide bonds. The van der Waals surface area contributed by atoms with Gasteiger partial charge in [0.25, 0.3) is 0 Å². The SMILES string of the molecule is CCC(C)CC(CC)NCC1(O)CCOC1. The molecule has 0 aromatic carbocycles. The van der Waals surface area contributed by atoms with Gasteiger partial charge >= 0.3 is 0 Å². The summed E-state index contributed by atoms with van der Waals surface area (Å²) >= 11 is 0. The highest BCUT2D eigenvalue weighted by Gasteiger charge is 2.32. The third kappa shape index (κ3) is 4.40. The fraction of sp³-hybridized carbons (Fsp3) is 1.00. The van der Waals surface area contributed by atoms with E-state index in [2.05, 4.69) is 26.1 Å². The molecule has 2 N–H and O–H groups in total. The van der Waals surface area contributed by atoms with E-state index < -0.39 is 5.60 Å². The van der Waals surface area contributed by atoms with Crippen LogP contribution in [0.5, 0.6) is 0 Å². The third-order valence-electron chi connectivity index (χ3n) is 3.68. The van der Waals surface area contributed by atoms with E-state index in [1.807, 2.05) is 0 Å². The molecule has 1 saturated heterocycles. The Kier molecular flexibility index (Phi) is 5.73. The van der Waals surface area contributed by atoms with Crippen LogP contribution >= 0.6 is 0 Å². The lowest BCUT2D eigenvalue weighted by Crippen LogP contribution is -2.45. The Morgan fingerprint density at radius 1 is 1.38 bits per heavy atom. The van der Waals surface area contributed by atoms with Crippen molar-refractivity contribution in [1.29, 1.82) is 0 Å². The van der Waals surface area contributed by atoms with Gasteiger partial charge in [0.2, 0.25) is 0 Å². The van der Waals surface area contributed by atoms with Gasteiger partial charge in [-0.25, -0.2) is 0 Å². The van der Waals surface area contributed by atoms with Gasteiger partial charge in [-0.05, 0) is 18.8 Å². The lowest BCUT2D eigenvalue weighted by Gasteiger charge is -2.26. The van der Waals surface area contributed by atoms with Gasteiger partial charge < -0.3 is 15.2 Å². The largest absolute Gasteiger partial charge is 0.386 e. The second kappa shape index (κ2) is 6.58. The van der Waals surface area contributed by atoms with Gasteiger partial charge in [0.05, 0.1) is 6.61 Å². The standard InChI is InChI=1S/C13H27NO2/c1-4-11(3)8-12(5-2)14-9-13(15)6-7-16-10-13/h11-12,14-15H,4-10H2,1-3H3. The van der Waals surface area contributed by atoms with E-state index in [-0.39, 0.29) is 0 Å². The summed E-state index contributed by atoms with van der Waals surface area (Å²) in [5.74, 6) is 0.756. The van der Waals surface area contributed by atoms with Crippen LogP contribution in [0.1, 0.15) is 46.5 Å². The minimum Gasteiger partial charge on any atom is -0.386 e. The predicted molar refractivity (Wildman–Crippen MR) is 66.5 cm³/mol. The van der Waals surface area contributed by atoms with Crippen LogP contribution in [0.2, 0.25) is 0 Å². The molecule has 16 heavy (non-hydrogen) atoms. The van der Waals surface area contributed by atoms with Gasteiger partial charge in [-0.1, -0.05) is 27.2 Å². The van der Waals surface area contributed by atoms with Crippen molar-refractivity contribution in [3.63, 3.8) is 0 Å². The first-order valence-electron chi connectivity index (χ1n) is 6.63. The summed E-state index contributed by atoms with van der Waals surface area (Å²) in [5, 5.41) is 13.6. The monoisotopic (exact) mass is 229 g/mol. The molecule has 1 aliphatic heterocycles. The second-order valence-corrected chi connectivity index (χ2v) is 5.26. The second-order valence-electron chi connectivity index (χ2n) is 5.26. The average molecular weight is 229 g/mol. The smallest absolute Gasteiger partial charge is 0.102 e. The topological polar surface area (TPSA) is 41.5 Å². The van der Waals surface area contributed by atoms with Crippen molar-refractivity contribution in [2.45, 2.75) is 58.1 Å². The summed E-state index contributed by atoms with van der Waals surface area (Å²) in [6.45, 7) is 8.57. The molecule has 3 atom stereocenters. The van der Waals surface area contributed by atoms with E-state index >= 15 is 0 Å². The highest BCUT2D eigenvalue weighted by atomic mass is 16.5. The van der Waals surface area contributed by atoms with Crippen molar-refractivity contribution in [2.75, 3.05) is 19.8 Å². The molecule has 1 aliphatic rings. The van der Waals surface area contributed by atoms with Gasteiger partial charge in [0.1, 0.15) is 5.60 Å². The van der Waals surface area contributed by atoms with Crippen LogP contribution in [0.25, 0.3) is 0 Å². The molecular formula is C13H27NO2. The molecule has 0 radical (unpaired) electrons. The van der Waals surface area contributed by atoms with Gasteiger partial charge in [-0.2, -0.15) is 0 Å². The Hall–Kier alpha value is -0.120. The van der Waals surface area contributed by atoms with Crippen molar-refractivity contribution in [1.82, 2.24) is 5.32 Å². The zero-order chi connectivity index (χ0) is 12.0. The molecule has 0 aromatic heterocycles. The lowest BCUT2D eigenvalue weighted by molar-refractivity contribution is 0.0240. The Bertz CT molecular complexity index is 190. The van der Waals surface area contributed by atoms with E-state index in [1.54, 1.807) is 0 Å². The molecule has 1 rings (SSSR count). The minimum atomic E-state index is -0.622. The van der Waals surface area contributed by atoms with Crippen molar-refractivity contribution >= 4 is 0 Å². The summed E-state index contributed by atoms with van der Waals surface area (Å²) < 4.78 is 5.24. The molecule has 0 bridgehead atoms. The summed E-state index contributed by atoms with van der Waals surface area (Å²) in [6.07, 6.45) is 4.32. The predicted octanol–water partition coefficient (Wildman–Crippen LogP) is 1.94. The number of nitrogens with one attached hydrogen (secondary N) is 1. The van der Waals surface area contributed by atoms with E-state index in [9.17, 15) is 5.11 Å². The Morgan fingerprint density at radius 3 is 2.62 bits per heavy atom. The van der Waals surface area contributed by atoms with Gasteiger partial charge in [-0.3, -0.25) is 0 Å². The van der Waals surface area contributed by atoms with Crippen LogP contribution in [-0.4, -0.2) is 36.5 Å². The third-order valence-corrected chi connectivity index (χ3v) is 3.68. The Balaban J connectivity index is 2.27. The maximum atomic E-state index is 10.1. The molecule has 0 aliphatic carbocycles. The number of aliphatic hydroxyl groups is 1. The lowest BCUT2D eigenvalue weighted by atomic mass is 9.96. The quantitative estimate of drug-likeness (QED) is 0.701. The van der Waals surface area contributed by atoms with Crippen LogP contribution in [0.4, 0.5) is 0 Å². The zero-order valence-electron chi connectivity index (χ0n) is 11.0. The number of hydrogen-bond donors (Lipinski definition) is 2. The summed E-state index contributed by atoms with van der Waals surface area (Å²) in [7, 11) is 0. The molecular weight excluding hydrogens is 202 g/mol. The number of rotatable bonds is 7. The first-order valence-corrected chi connectivity index (χ1v) is 6.63. The summed E-state index contributed by atoms with van der Waals surface area (Å²) in [4.78, 5) is 0. The molecule has 3 unspecified atom stereocenters. The van der Waals surface area contributed by atoms with Gasteiger partial charge in [0, 0.05) is 25.6 Å². The van der Waals surface area contributed by atoms with Crippen LogP contribution in [0.15, 0.2) is 0 Å². The molecule has 96 valence electrons. The average Bonchev–Trinajstić information content (AvgIpc) is 2.71.